The maximum absolute atomic E-state index is 14.2. The molecule has 10 atom stereocenters. The van der Waals surface area contributed by atoms with E-state index in [9.17, 15) is 137 Å². The van der Waals surface area contributed by atoms with Crippen LogP contribution in [-0.2, 0) is 102 Å². The standard InChI is InChI=1S/C59H83N11O30/c1-28(71)30-5-3-29(4-6-30)27-40(51(91)61-25-26-100-2)70-59(99)39(15-24-49(88)89)69-58(98)38(14-23-48(86)87)68-57(97)37(13-22-47(84)85)67-56(96)36(12-21-46(82)83)66-55(95)35(11-20-45(80)81)65-54(94)34(10-19-44(78)79)64-53(93)33(9-18-43(76)77)63-52(92)32(8-17-42(74)75)62-50(90)31(60)7-16-41(72)73/h3-6,31-40H,7-27,60H2,1-2H3,(H,61,91)(H,62,90)(H,63,92)(H,64,93)(H,65,94)(H,66,95)(H,67,96)(H,68,97)(H,69,98)(H,70,99)(H,72,73)(H,74,75)(H,76,77)(H,78,79)(H,80,81)(H,82,83)(H,84,85)(H,86,87)(H,88,89)/t31-,32-,33-,34-,35-,36-,37-,38-,39-,40+/m1/s1. The summed E-state index contributed by atoms with van der Waals surface area (Å²) >= 11 is 0. The number of ketones is 1. The smallest absolute Gasteiger partial charge is 0.303 e. The molecule has 0 aromatic heterocycles. The second-order valence-corrected chi connectivity index (χ2v) is 22.3. The molecule has 0 fully saturated rings. The maximum atomic E-state index is 14.2. The number of hydrogen-bond acceptors (Lipinski definition) is 22. The molecule has 554 valence electrons. The predicted octanol–water partition coefficient (Wildman–Crippen LogP) is -5.33. The highest BCUT2D eigenvalue weighted by molar-refractivity contribution is 6.00. The number of nitrogens with one attached hydrogen (secondary N) is 10. The number of nitrogens with two attached hydrogens (primary N) is 1. The molecule has 1 rings (SSSR count). The molecular formula is C59H83N11O30. The number of carbonyl (C=O) groups is 20. The molecule has 41 nitrogen and oxygen atoms in total. The molecule has 0 aliphatic carbocycles. The fraction of sp³-hybridized carbons (Fsp3) is 0.559. The van der Waals surface area contributed by atoms with E-state index in [1.165, 1.54) is 38.3 Å². The van der Waals surface area contributed by atoms with E-state index >= 15 is 0 Å². The molecule has 0 aliphatic heterocycles. The Labute approximate surface area is 567 Å². The molecule has 1 aromatic carbocycles. The Morgan fingerprint density at radius 2 is 0.530 bits per heavy atom. The number of carboxylic acids is 9. The van der Waals surface area contributed by atoms with Gasteiger partial charge in [0.15, 0.2) is 5.78 Å². The lowest BCUT2D eigenvalue weighted by atomic mass is 10.0. The van der Waals surface area contributed by atoms with Crippen LogP contribution < -0.4 is 58.9 Å². The Morgan fingerprint density at radius 3 is 0.740 bits per heavy atom. The van der Waals surface area contributed by atoms with Gasteiger partial charge in [-0.25, -0.2) is 0 Å². The number of hydrogen-bond donors (Lipinski definition) is 20. The lowest BCUT2D eigenvalue weighted by Crippen LogP contribution is -2.60. The van der Waals surface area contributed by atoms with Crippen LogP contribution in [0.25, 0.3) is 0 Å². The third kappa shape index (κ3) is 36.2. The van der Waals surface area contributed by atoms with Crippen molar-refractivity contribution in [3.63, 3.8) is 0 Å². The number of rotatable bonds is 52. The molecule has 100 heavy (non-hydrogen) atoms. The van der Waals surface area contributed by atoms with Crippen LogP contribution in [0, 0.1) is 0 Å². The van der Waals surface area contributed by atoms with Crippen LogP contribution in [0.15, 0.2) is 24.3 Å². The van der Waals surface area contributed by atoms with Crippen molar-refractivity contribution >= 4 is 119 Å². The van der Waals surface area contributed by atoms with E-state index in [0.29, 0.717) is 11.1 Å². The van der Waals surface area contributed by atoms with E-state index in [-0.39, 0.29) is 25.4 Å². The van der Waals surface area contributed by atoms with Gasteiger partial charge in [-0.3, -0.25) is 95.9 Å². The molecular weight excluding hydrogens is 1340 g/mol. The average molecular weight is 1430 g/mol. The largest absolute Gasteiger partial charge is 0.481 e. The quantitative estimate of drug-likeness (QED) is 0.0214. The summed E-state index contributed by atoms with van der Waals surface area (Å²) in [4.78, 5) is 256. The topological polar surface area (TPSA) is 679 Å². The van der Waals surface area contributed by atoms with Crippen molar-refractivity contribution in [1.82, 2.24) is 53.2 Å². The van der Waals surface area contributed by atoms with Gasteiger partial charge in [0.1, 0.15) is 54.4 Å². The Hall–Kier alpha value is -11.3. The minimum Gasteiger partial charge on any atom is -0.481 e. The molecule has 0 spiro atoms. The first-order chi connectivity index (χ1) is 46.8. The number of benzene rings is 1. The highest BCUT2D eigenvalue weighted by atomic mass is 16.5. The second-order valence-electron chi connectivity index (χ2n) is 22.3. The fourth-order valence-corrected chi connectivity index (χ4v) is 8.88. The number of aliphatic carboxylic acids is 9. The van der Waals surface area contributed by atoms with Crippen LogP contribution in [0.5, 0.6) is 0 Å². The first-order valence-corrected chi connectivity index (χ1v) is 30.7. The summed E-state index contributed by atoms with van der Waals surface area (Å²) in [5.41, 5.74) is 6.43. The number of carbonyl (C=O) groups excluding carboxylic acids is 11. The number of carboxylic acid groups (broad SMARTS) is 9. The molecule has 0 saturated heterocycles. The zero-order valence-electron chi connectivity index (χ0n) is 54.1. The first kappa shape index (κ1) is 86.8. The molecule has 0 radical (unpaired) electrons. The summed E-state index contributed by atoms with van der Waals surface area (Å²) in [7, 11) is 1.33. The van der Waals surface area contributed by atoms with Crippen molar-refractivity contribution in [2.45, 2.75) is 189 Å². The van der Waals surface area contributed by atoms with Gasteiger partial charge < -0.3 is 110 Å². The number of Topliss-reactive ketones (excluding diaryl/α,β-unsaturated/α-hetero) is 1. The molecule has 0 saturated carbocycles. The third-order valence-electron chi connectivity index (χ3n) is 14.3. The van der Waals surface area contributed by atoms with E-state index < -0.39 is 289 Å². The molecule has 10 amide bonds. The number of methoxy groups -OCH3 is 1. The summed E-state index contributed by atoms with van der Waals surface area (Å²) in [5.74, 6) is -27.7. The van der Waals surface area contributed by atoms with Crippen molar-refractivity contribution in [1.29, 1.82) is 0 Å². The van der Waals surface area contributed by atoms with Gasteiger partial charge in [0, 0.05) is 83.4 Å². The van der Waals surface area contributed by atoms with Crippen LogP contribution in [0.4, 0.5) is 0 Å². The van der Waals surface area contributed by atoms with E-state index in [1.807, 2.05) is 0 Å². The Kier molecular flexibility index (Phi) is 39.3. The van der Waals surface area contributed by atoms with Gasteiger partial charge in [0.25, 0.3) is 0 Å². The minimum absolute atomic E-state index is 0.0152. The van der Waals surface area contributed by atoms with Crippen molar-refractivity contribution in [2.75, 3.05) is 20.3 Å². The maximum Gasteiger partial charge on any atom is 0.303 e. The van der Waals surface area contributed by atoms with Crippen molar-refractivity contribution < 1.29 is 147 Å². The summed E-state index contributed by atoms with van der Waals surface area (Å²) in [6.45, 7) is 1.25. The van der Waals surface area contributed by atoms with Crippen molar-refractivity contribution in [3.8, 4) is 0 Å². The van der Waals surface area contributed by atoms with Gasteiger partial charge in [-0.05, 0) is 70.3 Å². The molecule has 0 bridgehead atoms. The van der Waals surface area contributed by atoms with Crippen LogP contribution >= 0.6 is 0 Å². The van der Waals surface area contributed by atoms with Gasteiger partial charge in [-0.15, -0.1) is 0 Å². The second kappa shape index (κ2) is 45.3. The van der Waals surface area contributed by atoms with Crippen LogP contribution in [0.1, 0.15) is 138 Å². The van der Waals surface area contributed by atoms with Gasteiger partial charge in [-0.2, -0.15) is 0 Å². The molecule has 1 aromatic rings. The fourth-order valence-electron chi connectivity index (χ4n) is 8.88. The van der Waals surface area contributed by atoms with E-state index in [2.05, 4.69) is 53.2 Å². The molecule has 0 aliphatic rings. The molecule has 0 heterocycles. The predicted molar refractivity (Wildman–Crippen MR) is 332 cm³/mol. The van der Waals surface area contributed by atoms with Crippen LogP contribution in [-0.4, -0.2) is 245 Å². The summed E-state index contributed by atoms with van der Waals surface area (Å²) in [6, 6.07) is -13.6. The van der Waals surface area contributed by atoms with Gasteiger partial charge in [-0.1, -0.05) is 24.3 Å². The van der Waals surface area contributed by atoms with Gasteiger partial charge >= 0.3 is 53.7 Å². The monoisotopic (exact) mass is 1430 g/mol. The zero-order chi connectivity index (χ0) is 75.9. The molecule has 0 unspecified atom stereocenters. The lowest BCUT2D eigenvalue weighted by Gasteiger charge is -2.28. The zero-order valence-corrected chi connectivity index (χ0v) is 54.1. The highest BCUT2D eigenvalue weighted by Gasteiger charge is 2.37. The van der Waals surface area contributed by atoms with E-state index in [1.54, 1.807) is 0 Å². The van der Waals surface area contributed by atoms with Gasteiger partial charge in [0.2, 0.25) is 59.1 Å². The SMILES string of the molecule is COCCNC(=O)[C@H](Cc1ccc(C(C)=O)cc1)NC(=O)[C@@H](CCC(=O)O)NC(=O)[C@@H](CCC(=O)O)NC(=O)[C@@H](CCC(=O)O)NC(=O)[C@@H](CCC(=O)O)NC(=O)[C@@H](CCC(=O)O)NC(=O)[C@@H](CCC(=O)O)NC(=O)[C@@H](CCC(=O)O)NC(=O)[C@@H](CCC(=O)O)NC(=O)[C@H](N)CCC(=O)O. The summed E-state index contributed by atoms with van der Waals surface area (Å²) < 4.78 is 4.96. The van der Waals surface area contributed by atoms with Crippen LogP contribution in [0.3, 0.4) is 0 Å². The summed E-state index contributed by atoms with van der Waals surface area (Å²) in [6.07, 6.45) is -15.5. The van der Waals surface area contributed by atoms with E-state index in [0.717, 1.165) is 0 Å². The van der Waals surface area contributed by atoms with Crippen molar-refractivity contribution in [2.24, 2.45) is 5.73 Å². The third-order valence-corrected chi connectivity index (χ3v) is 14.3. The normalized spacial score (nSPS) is 13.8. The summed E-state index contributed by atoms with van der Waals surface area (Å²) in [5, 5.41) is 107. The first-order valence-electron chi connectivity index (χ1n) is 30.7. The van der Waals surface area contributed by atoms with Gasteiger partial charge in [0.05, 0.1) is 12.6 Å². The minimum atomic E-state index is -2.16. The highest BCUT2D eigenvalue weighted by Crippen LogP contribution is 2.14. The number of amides is 10. The average Bonchev–Trinajstić information content (AvgIpc) is 0.862. The Bertz CT molecular complexity index is 3140. The lowest BCUT2D eigenvalue weighted by molar-refractivity contribution is -0.141. The molecule has 41 heteroatoms. The van der Waals surface area contributed by atoms with Crippen molar-refractivity contribution in [3.05, 3.63) is 35.4 Å². The van der Waals surface area contributed by atoms with E-state index in [4.69, 9.17) is 15.6 Å². The number of ether oxygens (including phenoxy) is 1. The Morgan fingerprint density at radius 1 is 0.320 bits per heavy atom. The molecule has 21 N–H and O–H groups in total. The Balaban J connectivity index is 3.79. The van der Waals surface area contributed by atoms with Crippen LogP contribution in [0.2, 0.25) is 0 Å².